The molecule has 9 heteroatoms. The topological polar surface area (TPSA) is 48.5 Å². The SMILES string of the molecule is CCN(CC)c1nc2sc(C(=O)N3CCC(NCC4CC4)CC3)cc2s1.Cl.Cl. The van der Waals surface area contributed by atoms with E-state index in [1.807, 2.05) is 11.0 Å². The number of amides is 1. The summed E-state index contributed by atoms with van der Waals surface area (Å²) in [6.07, 6.45) is 4.93. The van der Waals surface area contributed by atoms with Gasteiger partial charge in [-0.25, -0.2) is 4.98 Å². The first-order chi connectivity index (χ1) is 12.7. The van der Waals surface area contributed by atoms with Crippen LogP contribution in [-0.4, -0.2) is 54.6 Å². The summed E-state index contributed by atoms with van der Waals surface area (Å²) >= 11 is 3.25. The number of fused-ring (bicyclic) bond motifs is 1. The zero-order valence-corrected chi connectivity index (χ0v) is 19.7. The van der Waals surface area contributed by atoms with Crippen molar-refractivity contribution in [1.82, 2.24) is 15.2 Å². The van der Waals surface area contributed by atoms with Gasteiger partial charge in [0.15, 0.2) is 5.13 Å². The van der Waals surface area contributed by atoms with E-state index in [0.717, 1.165) is 64.5 Å². The van der Waals surface area contributed by atoms with E-state index in [2.05, 4.69) is 24.1 Å². The van der Waals surface area contributed by atoms with Gasteiger partial charge in [0, 0.05) is 32.2 Å². The number of rotatable bonds is 7. The molecule has 0 radical (unpaired) electrons. The molecule has 0 unspecified atom stereocenters. The molecule has 0 bridgehead atoms. The van der Waals surface area contributed by atoms with Crippen molar-refractivity contribution in [2.45, 2.75) is 45.6 Å². The van der Waals surface area contributed by atoms with Gasteiger partial charge in [-0.2, -0.15) is 0 Å². The number of halogens is 2. The van der Waals surface area contributed by atoms with Crippen LogP contribution in [0.15, 0.2) is 6.07 Å². The molecule has 28 heavy (non-hydrogen) atoms. The first kappa shape index (κ1) is 23.7. The average molecular weight is 466 g/mol. The van der Waals surface area contributed by atoms with Crippen molar-refractivity contribution in [3.63, 3.8) is 0 Å². The molecule has 2 aromatic heterocycles. The first-order valence-corrected chi connectivity index (χ1v) is 11.5. The number of carbonyl (C=O) groups excluding carboxylic acids is 1. The fourth-order valence-electron chi connectivity index (χ4n) is 3.56. The van der Waals surface area contributed by atoms with Gasteiger partial charge >= 0.3 is 0 Å². The van der Waals surface area contributed by atoms with E-state index < -0.39 is 0 Å². The molecule has 1 amide bonds. The standard InChI is InChI=1S/C19H28N4OS2.2ClH/c1-3-22(4-2)19-21-17-15(26-19)11-16(25-17)18(24)23-9-7-14(8-10-23)20-12-13-5-6-13;;/h11,13-14,20H,3-10,12H2,1-2H3;2*1H. The van der Waals surface area contributed by atoms with E-state index >= 15 is 0 Å². The Balaban J connectivity index is 0.00000140. The van der Waals surface area contributed by atoms with Crippen LogP contribution in [0.3, 0.4) is 0 Å². The highest BCUT2D eigenvalue weighted by molar-refractivity contribution is 7.29. The summed E-state index contributed by atoms with van der Waals surface area (Å²) in [6, 6.07) is 2.63. The Morgan fingerprint density at radius 2 is 1.86 bits per heavy atom. The van der Waals surface area contributed by atoms with Gasteiger partial charge in [0.2, 0.25) is 0 Å². The predicted octanol–water partition coefficient (Wildman–Crippen LogP) is 4.65. The number of nitrogens with zero attached hydrogens (tertiary/aromatic N) is 3. The van der Waals surface area contributed by atoms with Crippen LogP contribution < -0.4 is 10.2 Å². The summed E-state index contributed by atoms with van der Waals surface area (Å²) in [6.45, 7) is 9.13. The summed E-state index contributed by atoms with van der Waals surface area (Å²) in [5.41, 5.74) is 0. The second-order valence-corrected chi connectivity index (χ2v) is 9.41. The molecule has 1 saturated carbocycles. The van der Waals surface area contributed by atoms with Crippen LogP contribution in [0, 0.1) is 5.92 Å². The first-order valence-electron chi connectivity index (χ1n) is 9.85. The van der Waals surface area contributed by atoms with Gasteiger partial charge in [-0.1, -0.05) is 11.3 Å². The van der Waals surface area contributed by atoms with E-state index in [0.29, 0.717) is 6.04 Å². The van der Waals surface area contributed by atoms with Crippen molar-refractivity contribution < 1.29 is 4.79 Å². The highest BCUT2D eigenvalue weighted by Crippen LogP contribution is 2.35. The number of piperidine rings is 1. The molecule has 1 N–H and O–H groups in total. The normalized spacial score (nSPS) is 17.3. The second-order valence-electron chi connectivity index (χ2n) is 7.37. The van der Waals surface area contributed by atoms with Gasteiger partial charge in [-0.05, 0) is 58.1 Å². The highest BCUT2D eigenvalue weighted by Gasteiger charge is 2.27. The van der Waals surface area contributed by atoms with Gasteiger partial charge in [0.25, 0.3) is 5.91 Å². The molecule has 1 aliphatic heterocycles. The smallest absolute Gasteiger partial charge is 0.264 e. The lowest BCUT2D eigenvalue weighted by Crippen LogP contribution is -2.45. The molecule has 0 atom stereocenters. The average Bonchev–Trinajstić information content (AvgIpc) is 3.29. The van der Waals surface area contributed by atoms with E-state index in [-0.39, 0.29) is 30.7 Å². The van der Waals surface area contributed by atoms with E-state index in [1.54, 1.807) is 22.7 Å². The van der Waals surface area contributed by atoms with Crippen LogP contribution >= 0.6 is 47.5 Å². The molecule has 2 aliphatic rings. The van der Waals surface area contributed by atoms with Crippen molar-refractivity contribution in [3.05, 3.63) is 10.9 Å². The molecule has 158 valence electrons. The Morgan fingerprint density at radius 3 is 2.43 bits per heavy atom. The Hall–Kier alpha value is -0.600. The lowest BCUT2D eigenvalue weighted by atomic mass is 10.0. The Morgan fingerprint density at radius 1 is 1.18 bits per heavy atom. The third-order valence-corrected chi connectivity index (χ3v) is 7.71. The molecular weight excluding hydrogens is 435 g/mol. The third kappa shape index (κ3) is 5.30. The predicted molar refractivity (Wildman–Crippen MR) is 125 cm³/mol. The maximum absolute atomic E-state index is 12.9. The molecule has 0 aromatic carbocycles. The van der Waals surface area contributed by atoms with E-state index in [9.17, 15) is 4.79 Å². The van der Waals surface area contributed by atoms with Crippen LogP contribution in [-0.2, 0) is 0 Å². The van der Waals surface area contributed by atoms with Crippen molar-refractivity contribution in [3.8, 4) is 0 Å². The molecule has 0 spiro atoms. The molecule has 2 fully saturated rings. The Labute approximate surface area is 187 Å². The van der Waals surface area contributed by atoms with Crippen LogP contribution in [0.1, 0.15) is 49.2 Å². The molecular formula is C19H30Cl2N4OS2. The molecule has 2 aromatic rings. The number of thiazole rings is 1. The Bertz CT molecular complexity index is 734. The fraction of sp³-hybridized carbons (Fsp3) is 0.684. The summed E-state index contributed by atoms with van der Waals surface area (Å²) in [4.78, 5) is 23.7. The van der Waals surface area contributed by atoms with Crippen molar-refractivity contribution >= 4 is 68.1 Å². The Kier molecular flexibility index (Phi) is 8.82. The van der Waals surface area contributed by atoms with Crippen molar-refractivity contribution in [1.29, 1.82) is 0 Å². The largest absolute Gasteiger partial charge is 0.349 e. The third-order valence-electron chi connectivity index (χ3n) is 5.50. The maximum atomic E-state index is 12.9. The zero-order valence-electron chi connectivity index (χ0n) is 16.5. The molecule has 1 aliphatic carbocycles. The van der Waals surface area contributed by atoms with Gasteiger partial charge in [-0.3, -0.25) is 4.79 Å². The summed E-state index contributed by atoms with van der Waals surface area (Å²) in [5.74, 6) is 1.10. The summed E-state index contributed by atoms with van der Waals surface area (Å²) in [5, 5.41) is 4.75. The number of carbonyl (C=O) groups is 1. The summed E-state index contributed by atoms with van der Waals surface area (Å²) in [7, 11) is 0. The number of hydrogen-bond acceptors (Lipinski definition) is 6. The van der Waals surface area contributed by atoms with E-state index in [1.165, 1.54) is 19.4 Å². The lowest BCUT2D eigenvalue weighted by Gasteiger charge is -2.32. The minimum Gasteiger partial charge on any atom is -0.349 e. The van der Waals surface area contributed by atoms with E-state index in [4.69, 9.17) is 4.98 Å². The molecule has 5 nitrogen and oxygen atoms in total. The van der Waals surface area contributed by atoms with Crippen LogP contribution in [0.2, 0.25) is 0 Å². The van der Waals surface area contributed by atoms with Gasteiger partial charge in [0.05, 0.1) is 9.58 Å². The van der Waals surface area contributed by atoms with Crippen LogP contribution in [0.5, 0.6) is 0 Å². The minimum atomic E-state index is 0. The molecule has 4 rings (SSSR count). The van der Waals surface area contributed by atoms with Crippen LogP contribution in [0.25, 0.3) is 9.53 Å². The number of nitrogens with one attached hydrogen (secondary N) is 1. The number of thiophene rings is 1. The maximum Gasteiger partial charge on any atom is 0.264 e. The lowest BCUT2D eigenvalue weighted by molar-refractivity contribution is 0.0710. The van der Waals surface area contributed by atoms with Gasteiger partial charge < -0.3 is 15.1 Å². The summed E-state index contributed by atoms with van der Waals surface area (Å²) < 4.78 is 1.14. The quantitative estimate of drug-likeness (QED) is 0.647. The number of aromatic nitrogens is 1. The minimum absolute atomic E-state index is 0. The van der Waals surface area contributed by atoms with Gasteiger partial charge in [-0.15, -0.1) is 36.2 Å². The number of hydrogen-bond donors (Lipinski definition) is 1. The number of likely N-dealkylation sites (tertiary alicyclic amines) is 1. The number of anilines is 1. The van der Waals surface area contributed by atoms with Crippen LogP contribution in [0.4, 0.5) is 5.13 Å². The second kappa shape index (κ2) is 10.4. The highest BCUT2D eigenvalue weighted by atomic mass is 35.5. The van der Waals surface area contributed by atoms with Gasteiger partial charge in [0.1, 0.15) is 4.83 Å². The van der Waals surface area contributed by atoms with Crippen molar-refractivity contribution in [2.24, 2.45) is 5.92 Å². The monoisotopic (exact) mass is 464 g/mol. The molecule has 3 heterocycles. The zero-order chi connectivity index (χ0) is 18.1. The molecule has 1 saturated heterocycles. The van der Waals surface area contributed by atoms with Crippen molar-refractivity contribution in [2.75, 3.05) is 37.6 Å². The fourth-order valence-corrected chi connectivity index (χ4v) is 5.86.